The number of hydrogen-bond donors (Lipinski definition) is 0. The van der Waals surface area contributed by atoms with Gasteiger partial charge in [0.25, 0.3) is 0 Å². The van der Waals surface area contributed by atoms with Crippen molar-refractivity contribution >= 4 is 141 Å². The first kappa shape index (κ1) is 82.9. The Bertz CT molecular complexity index is 9660. The van der Waals surface area contributed by atoms with Gasteiger partial charge in [-0.05, 0) is 195 Å². The highest BCUT2D eigenvalue weighted by Gasteiger charge is 2.23. The van der Waals surface area contributed by atoms with Gasteiger partial charge in [-0.25, -0.2) is 44.9 Å². The smallest absolute Gasteiger partial charge is 0.227 e. The molecular formula is C129H79N9O2S. The standard InChI is InChI=1S/C45H27N3O.C43H27N3S.C41H25N3O/c1-2-10-31(11-3-1)45-48-39-23-21-30-16-17-34-26-37(20-22-38(34)42(30)43(39)49-45)44-46-40(35-18-14-28-8-4-6-12-32(28)24-35)27-41(47-44)36-19-15-29-9-5-7-13-33(29)25-36;1-4-11-28(12-5-1)32-17-10-18-34(25-32)38-27-37(29-13-6-2-7-14-29)44-42(45-38)35-21-23-36-33(26-35)20-19-30-22-24-39-41(40(30)36)46-43(47-39)31-15-8-3-9-16-31;1-3-10-27(11-4-1)36-25-37(32-18-15-26-9-7-8-14-30(26)23-32)43-40(42-36)33-19-21-34-31(24-33)17-16-28-20-22-35-39(38(28)34)45-41(44-35)29-12-5-2-6-13-29/h1-27H;1-27H;1-25H. The van der Waals surface area contributed by atoms with Gasteiger partial charge in [-0.2, -0.15) is 0 Å². The van der Waals surface area contributed by atoms with Gasteiger partial charge in [0.15, 0.2) is 28.6 Å². The highest BCUT2D eigenvalue weighted by molar-refractivity contribution is 7.21. The second-order valence-electron chi connectivity index (χ2n) is 35.4. The average Bonchev–Trinajstić information content (AvgIpc) is 1.70. The predicted octanol–water partition coefficient (Wildman–Crippen LogP) is 34.4. The van der Waals surface area contributed by atoms with Gasteiger partial charge in [-0.1, -0.05) is 376 Å². The molecule has 0 atom stereocenters. The normalized spacial score (nSPS) is 11.5. The summed E-state index contributed by atoms with van der Waals surface area (Å²) in [5, 5.41) is 21.6. The van der Waals surface area contributed by atoms with Gasteiger partial charge in [-0.3, -0.25) is 0 Å². The Morgan fingerprint density at radius 3 is 0.851 bits per heavy atom. The van der Waals surface area contributed by atoms with Gasteiger partial charge in [-0.15, -0.1) is 11.3 Å². The fraction of sp³-hybridized carbons (Fsp3) is 0. The number of oxazole rings is 2. The van der Waals surface area contributed by atoms with Crippen molar-refractivity contribution < 1.29 is 8.83 Å². The Balaban J connectivity index is 0.000000109. The van der Waals surface area contributed by atoms with Crippen LogP contribution in [0.2, 0.25) is 0 Å². The minimum absolute atomic E-state index is 0.622. The molecule has 0 aliphatic heterocycles. The van der Waals surface area contributed by atoms with E-state index < -0.39 is 0 Å². The molecule has 0 aliphatic rings. The monoisotopic (exact) mass is 1820 g/mol. The summed E-state index contributed by atoms with van der Waals surface area (Å²) < 4.78 is 14.0. The molecule has 6 heterocycles. The number of fused-ring (bicyclic) bond motifs is 18. The molecule has 28 rings (SSSR count). The number of rotatable bonds is 13. The first-order valence-corrected chi connectivity index (χ1v) is 48.0. The van der Waals surface area contributed by atoms with E-state index in [9.17, 15) is 0 Å². The van der Waals surface area contributed by atoms with Gasteiger partial charge in [0.05, 0.1) is 44.4 Å². The van der Waals surface area contributed by atoms with Crippen LogP contribution in [0.5, 0.6) is 0 Å². The van der Waals surface area contributed by atoms with Crippen molar-refractivity contribution in [3.63, 3.8) is 0 Å². The highest BCUT2D eigenvalue weighted by Crippen LogP contribution is 2.45. The minimum atomic E-state index is 0.622. The maximum atomic E-state index is 6.45. The summed E-state index contributed by atoms with van der Waals surface area (Å²) in [6.07, 6.45) is 0. The average molecular weight is 1820 g/mol. The van der Waals surface area contributed by atoms with Crippen molar-refractivity contribution in [3.05, 3.63) is 479 Å². The lowest BCUT2D eigenvalue weighted by molar-refractivity contribution is 0.623. The summed E-state index contributed by atoms with van der Waals surface area (Å²) in [5.41, 5.74) is 24.3. The third-order valence-electron chi connectivity index (χ3n) is 26.6. The van der Waals surface area contributed by atoms with E-state index in [2.05, 4.69) is 370 Å². The summed E-state index contributed by atoms with van der Waals surface area (Å²) >= 11 is 1.74. The maximum Gasteiger partial charge on any atom is 0.227 e. The van der Waals surface area contributed by atoms with Crippen LogP contribution in [-0.4, -0.2) is 44.9 Å². The molecule has 12 heteroatoms. The molecule has 0 unspecified atom stereocenters. The lowest BCUT2D eigenvalue weighted by Gasteiger charge is -2.12. The predicted molar refractivity (Wildman–Crippen MR) is 583 cm³/mol. The molecular weight excluding hydrogens is 1740 g/mol. The summed E-state index contributed by atoms with van der Waals surface area (Å²) in [7, 11) is 0. The number of hydrogen-bond acceptors (Lipinski definition) is 12. The number of benzene rings is 22. The summed E-state index contributed by atoms with van der Waals surface area (Å²) in [6.45, 7) is 0. The Hall–Kier alpha value is -18.8. The molecule has 141 heavy (non-hydrogen) atoms. The lowest BCUT2D eigenvalue weighted by Crippen LogP contribution is -1.96. The molecule has 22 aromatic carbocycles. The molecule has 0 amide bonds. The van der Waals surface area contributed by atoms with Crippen LogP contribution in [0.4, 0.5) is 0 Å². The fourth-order valence-electron chi connectivity index (χ4n) is 19.5. The minimum Gasteiger partial charge on any atom is -0.435 e. The Kier molecular flexibility index (Phi) is 20.9. The Morgan fingerprint density at radius 2 is 0.447 bits per heavy atom. The van der Waals surface area contributed by atoms with Crippen molar-refractivity contribution in [2.75, 3.05) is 0 Å². The zero-order chi connectivity index (χ0) is 93.2. The van der Waals surface area contributed by atoms with Crippen LogP contribution in [0.15, 0.2) is 488 Å². The van der Waals surface area contributed by atoms with Gasteiger partial charge in [0.2, 0.25) is 11.8 Å². The summed E-state index contributed by atoms with van der Waals surface area (Å²) in [5.74, 6) is 3.31. The number of nitrogens with zero attached hydrogens (tertiary/aromatic N) is 9. The van der Waals surface area contributed by atoms with Gasteiger partial charge in [0, 0.05) is 82.9 Å². The van der Waals surface area contributed by atoms with Crippen molar-refractivity contribution in [2.45, 2.75) is 0 Å². The molecule has 0 saturated heterocycles. The summed E-state index contributed by atoms with van der Waals surface area (Å²) in [4.78, 5) is 45.7. The van der Waals surface area contributed by atoms with Crippen molar-refractivity contribution in [1.29, 1.82) is 0 Å². The van der Waals surface area contributed by atoms with Crippen LogP contribution >= 0.6 is 11.3 Å². The molecule has 0 fully saturated rings. The van der Waals surface area contributed by atoms with E-state index in [1.807, 2.05) is 109 Å². The van der Waals surface area contributed by atoms with E-state index in [0.29, 0.717) is 29.3 Å². The SMILES string of the molecule is c1ccc(-c2cc(-c3ccc4ccccc4c3)nc(-c3ccc4c(ccc5ccc6nc(-c7ccccc7)oc6c54)c3)n2)cc1.c1ccc(-c2cccc(-c3cc(-c4ccccc4)nc(-c4ccc5c(ccc6ccc7sc(-c8ccccc8)nc7c65)c4)n3)c2)cc1.c1ccc(-c2nc3ccc4ccc5cc(-c6nc(-c7ccc8ccccc8c7)cc(-c7ccc8ccccc8c7)n6)ccc5c4c3o2)cc1. The molecule has 0 N–H and O–H groups in total. The molecule has 0 saturated carbocycles. The van der Waals surface area contributed by atoms with E-state index in [0.717, 1.165) is 188 Å². The van der Waals surface area contributed by atoms with Gasteiger partial charge in [0.1, 0.15) is 16.0 Å². The van der Waals surface area contributed by atoms with Crippen LogP contribution in [-0.2, 0) is 0 Å². The van der Waals surface area contributed by atoms with E-state index in [-0.39, 0.29) is 0 Å². The van der Waals surface area contributed by atoms with Crippen LogP contribution in [0.25, 0.3) is 276 Å². The molecule has 0 bridgehead atoms. The topological polar surface area (TPSA) is 142 Å². The molecule has 28 aromatic rings. The van der Waals surface area contributed by atoms with Crippen LogP contribution in [0.1, 0.15) is 0 Å². The number of aromatic nitrogens is 9. The second-order valence-corrected chi connectivity index (χ2v) is 36.5. The fourth-order valence-corrected chi connectivity index (χ4v) is 20.5. The largest absolute Gasteiger partial charge is 0.435 e. The van der Waals surface area contributed by atoms with Crippen LogP contribution in [0.3, 0.4) is 0 Å². The van der Waals surface area contributed by atoms with Crippen LogP contribution < -0.4 is 0 Å². The quantitative estimate of drug-likeness (QED) is 0.102. The molecule has 11 nitrogen and oxygen atoms in total. The first-order chi connectivity index (χ1) is 69.8. The highest BCUT2D eigenvalue weighted by atomic mass is 32.1. The molecule has 0 spiro atoms. The van der Waals surface area contributed by atoms with E-state index >= 15 is 0 Å². The van der Waals surface area contributed by atoms with E-state index in [1.54, 1.807) is 11.3 Å². The molecule has 0 aliphatic carbocycles. The van der Waals surface area contributed by atoms with Gasteiger partial charge >= 0.3 is 0 Å². The Morgan fingerprint density at radius 1 is 0.163 bits per heavy atom. The lowest BCUT2D eigenvalue weighted by atomic mass is 9.98. The summed E-state index contributed by atoms with van der Waals surface area (Å²) in [6, 6.07) is 167. The molecule has 658 valence electrons. The number of thiazole rings is 1. The van der Waals surface area contributed by atoms with Crippen LogP contribution in [0, 0.1) is 0 Å². The van der Waals surface area contributed by atoms with Crippen molar-refractivity contribution in [3.8, 4) is 146 Å². The Labute approximate surface area is 814 Å². The van der Waals surface area contributed by atoms with Crippen molar-refractivity contribution in [2.24, 2.45) is 0 Å². The third-order valence-corrected chi connectivity index (χ3v) is 27.7. The first-order valence-electron chi connectivity index (χ1n) is 47.1. The van der Waals surface area contributed by atoms with E-state index in [1.165, 1.54) is 58.7 Å². The molecule has 6 aromatic heterocycles. The molecule has 0 radical (unpaired) electrons. The zero-order valence-electron chi connectivity index (χ0n) is 75.9. The van der Waals surface area contributed by atoms with Gasteiger partial charge < -0.3 is 8.83 Å². The van der Waals surface area contributed by atoms with Crippen molar-refractivity contribution in [1.82, 2.24) is 44.9 Å². The third kappa shape index (κ3) is 16.0. The zero-order valence-corrected chi connectivity index (χ0v) is 76.7. The second kappa shape index (κ2) is 35.5. The van der Waals surface area contributed by atoms with E-state index in [4.69, 9.17) is 53.7 Å². The maximum absolute atomic E-state index is 6.45.